The van der Waals surface area contributed by atoms with Gasteiger partial charge in [0.25, 0.3) is 11.8 Å². The number of carbonyl (C=O) groups is 2. The Labute approximate surface area is 202 Å². The maximum absolute atomic E-state index is 13.6. The van der Waals surface area contributed by atoms with E-state index in [1.807, 2.05) is 54.6 Å². The van der Waals surface area contributed by atoms with E-state index in [4.69, 9.17) is 9.73 Å². The Morgan fingerprint density at radius 3 is 2.74 bits per heavy atom. The van der Waals surface area contributed by atoms with Crippen LogP contribution in [0.2, 0.25) is 0 Å². The second kappa shape index (κ2) is 8.36. The lowest BCUT2D eigenvalue weighted by Crippen LogP contribution is -2.46. The number of amides is 2. The fraction of sp³-hybridized carbons (Fsp3) is 0.143. The van der Waals surface area contributed by atoms with E-state index in [0.29, 0.717) is 30.0 Å². The Balaban J connectivity index is 1.44. The van der Waals surface area contributed by atoms with Gasteiger partial charge in [0, 0.05) is 34.8 Å². The summed E-state index contributed by atoms with van der Waals surface area (Å²) in [4.78, 5) is 37.8. The van der Waals surface area contributed by atoms with Crippen LogP contribution in [-0.2, 0) is 11.2 Å². The molecule has 0 saturated heterocycles. The SMILES string of the molecule is COc1cc2c3c(c1)C(c1ccccc1)=N[C@@H](NC(=O)c1ccc4ncccc4c1)C(=O)N3CC2. The zero-order valence-electron chi connectivity index (χ0n) is 19.1. The molecular weight excluding hydrogens is 440 g/mol. The fourth-order valence-corrected chi connectivity index (χ4v) is 4.78. The van der Waals surface area contributed by atoms with Crippen molar-refractivity contribution in [3.05, 3.63) is 101 Å². The number of fused-ring (bicyclic) bond motifs is 1. The number of carbonyl (C=O) groups excluding carboxylic acids is 2. The quantitative estimate of drug-likeness (QED) is 0.501. The molecule has 172 valence electrons. The number of aliphatic imine (C=N–C) groups is 1. The smallest absolute Gasteiger partial charge is 0.272 e. The van der Waals surface area contributed by atoms with Crippen LogP contribution in [0.4, 0.5) is 5.69 Å². The number of nitrogens with zero attached hydrogens (tertiary/aromatic N) is 3. The molecule has 0 spiro atoms. The maximum atomic E-state index is 13.6. The highest BCUT2D eigenvalue weighted by molar-refractivity contribution is 6.21. The molecule has 0 unspecified atom stereocenters. The minimum atomic E-state index is -1.06. The lowest BCUT2D eigenvalue weighted by molar-refractivity contribution is -0.120. The highest BCUT2D eigenvalue weighted by atomic mass is 16.5. The predicted molar refractivity (Wildman–Crippen MR) is 134 cm³/mol. The molecule has 6 rings (SSSR count). The highest BCUT2D eigenvalue weighted by Crippen LogP contribution is 2.39. The summed E-state index contributed by atoms with van der Waals surface area (Å²) in [5.41, 5.74) is 5.45. The first-order valence-corrected chi connectivity index (χ1v) is 11.4. The van der Waals surface area contributed by atoms with Crippen molar-refractivity contribution in [2.75, 3.05) is 18.6 Å². The molecule has 2 aliphatic rings. The summed E-state index contributed by atoms with van der Waals surface area (Å²) < 4.78 is 5.54. The molecule has 0 saturated carbocycles. The number of pyridine rings is 1. The Morgan fingerprint density at radius 2 is 1.91 bits per heavy atom. The Hall–Kier alpha value is -4.52. The molecule has 2 aliphatic heterocycles. The van der Waals surface area contributed by atoms with Crippen molar-refractivity contribution in [2.24, 2.45) is 4.99 Å². The van der Waals surface area contributed by atoms with Gasteiger partial charge in [0.05, 0.1) is 24.0 Å². The van der Waals surface area contributed by atoms with E-state index >= 15 is 0 Å². The number of ether oxygens (including phenoxy) is 1. The monoisotopic (exact) mass is 462 g/mol. The lowest BCUT2D eigenvalue weighted by Gasteiger charge is -2.21. The zero-order chi connectivity index (χ0) is 23.9. The maximum Gasteiger partial charge on any atom is 0.272 e. The molecule has 7 nitrogen and oxygen atoms in total. The third-order valence-corrected chi connectivity index (χ3v) is 6.47. The molecule has 0 aliphatic carbocycles. The minimum Gasteiger partial charge on any atom is -0.497 e. The second-order valence-electron chi connectivity index (χ2n) is 8.55. The van der Waals surface area contributed by atoms with Crippen molar-refractivity contribution in [2.45, 2.75) is 12.6 Å². The summed E-state index contributed by atoms with van der Waals surface area (Å²) in [5, 5.41) is 3.72. The van der Waals surface area contributed by atoms with Crippen LogP contribution in [0.5, 0.6) is 5.75 Å². The molecule has 4 aromatic rings. The average Bonchev–Trinajstić information content (AvgIpc) is 3.29. The molecule has 2 amide bonds. The van der Waals surface area contributed by atoms with E-state index in [2.05, 4.69) is 10.3 Å². The first-order chi connectivity index (χ1) is 17.1. The van der Waals surface area contributed by atoms with Gasteiger partial charge in [-0.25, -0.2) is 4.99 Å². The van der Waals surface area contributed by atoms with Crippen molar-refractivity contribution in [3.8, 4) is 5.75 Å². The first kappa shape index (κ1) is 21.0. The van der Waals surface area contributed by atoms with Gasteiger partial charge in [-0.15, -0.1) is 0 Å². The van der Waals surface area contributed by atoms with Gasteiger partial charge in [-0.1, -0.05) is 36.4 Å². The largest absolute Gasteiger partial charge is 0.497 e. The van der Waals surface area contributed by atoms with Gasteiger partial charge in [-0.3, -0.25) is 14.6 Å². The molecule has 35 heavy (non-hydrogen) atoms. The summed E-state index contributed by atoms with van der Waals surface area (Å²) in [5.74, 6) is 0.0917. The second-order valence-corrected chi connectivity index (χ2v) is 8.55. The Morgan fingerprint density at radius 1 is 1.06 bits per heavy atom. The fourth-order valence-electron chi connectivity index (χ4n) is 4.78. The molecule has 3 heterocycles. The number of anilines is 1. The lowest BCUT2D eigenvalue weighted by atomic mass is 9.97. The van der Waals surface area contributed by atoms with Crippen LogP contribution in [0.1, 0.15) is 27.0 Å². The van der Waals surface area contributed by atoms with E-state index < -0.39 is 6.17 Å². The van der Waals surface area contributed by atoms with Gasteiger partial charge >= 0.3 is 0 Å². The van der Waals surface area contributed by atoms with Crippen LogP contribution in [-0.4, -0.2) is 42.3 Å². The number of nitrogens with one attached hydrogen (secondary N) is 1. The van der Waals surface area contributed by atoms with E-state index in [0.717, 1.165) is 33.3 Å². The van der Waals surface area contributed by atoms with Crippen molar-refractivity contribution in [1.82, 2.24) is 10.3 Å². The summed E-state index contributed by atoms with van der Waals surface area (Å²) in [7, 11) is 1.63. The molecule has 1 aromatic heterocycles. The van der Waals surface area contributed by atoms with Gasteiger partial charge < -0.3 is 15.0 Å². The minimum absolute atomic E-state index is 0.253. The number of methoxy groups -OCH3 is 1. The molecule has 7 heteroatoms. The molecular formula is C28H22N4O3. The molecule has 0 bridgehead atoms. The van der Waals surface area contributed by atoms with E-state index in [9.17, 15) is 9.59 Å². The Kier molecular flexibility index (Phi) is 5.03. The number of aromatic nitrogens is 1. The van der Waals surface area contributed by atoms with Gasteiger partial charge in [0.2, 0.25) is 6.17 Å². The van der Waals surface area contributed by atoms with Crippen molar-refractivity contribution < 1.29 is 14.3 Å². The van der Waals surface area contributed by atoms with E-state index in [1.54, 1.807) is 36.4 Å². The molecule has 3 aromatic carbocycles. The van der Waals surface area contributed by atoms with Crippen LogP contribution in [0.25, 0.3) is 10.9 Å². The van der Waals surface area contributed by atoms with Crippen LogP contribution in [0.3, 0.4) is 0 Å². The van der Waals surface area contributed by atoms with Gasteiger partial charge in [-0.05, 0) is 48.4 Å². The third-order valence-electron chi connectivity index (χ3n) is 6.47. The van der Waals surface area contributed by atoms with Crippen molar-refractivity contribution in [1.29, 1.82) is 0 Å². The summed E-state index contributed by atoms with van der Waals surface area (Å²) >= 11 is 0. The van der Waals surface area contributed by atoms with E-state index in [-0.39, 0.29) is 11.8 Å². The Bertz CT molecular complexity index is 1510. The van der Waals surface area contributed by atoms with E-state index in [1.165, 1.54) is 0 Å². The normalized spacial score (nSPS) is 16.5. The number of benzene rings is 3. The molecule has 1 atom stereocenters. The molecule has 0 radical (unpaired) electrons. The summed E-state index contributed by atoms with van der Waals surface area (Å²) in [6, 6.07) is 22.6. The van der Waals surface area contributed by atoms with Gasteiger partial charge in [0.15, 0.2) is 0 Å². The van der Waals surface area contributed by atoms with Gasteiger partial charge in [0.1, 0.15) is 5.75 Å². The average molecular weight is 463 g/mol. The van der Waals surface area contributed by atoms with Crippen LogP contribution >= 0.6 is 0 Å². The highest BCUT2D eigenvalue weighted by Gasteiger charge is 2.37. The number of hydrogen-bond donors (Lipinski definition) is 1. The van der Waals surface area contributed by atoms with Crippen molar-refractivity contribution in [3.63, 3.8) is 0 Å². The third kappa shape index (κ3) is 3.61. The molecule has 1 N–H and O–H groups in total. The van der Waals surface area contributed by atoms with Crippen LogP contribution in [0, 0.1) is 0 Å². The molecule has 0 fully saturated rings. The summed E-state index contributed by atoms with van der Waals surface area (Å²) in [6.45, 7) is 0.528. The number of rotatable bonds is 4. The summed E-state index contributed by atoms with van der Waals surface area (Å²) in [6.07, 6.45) is 1.36. The van der Waals surface area contributed by atoms with Crippen LogP contribution < -0.4 is 15.0 Å². The first-order valence-electron chi connectivity index (χ1n) is 11.4. The number of hydrogen-bond acceptors (Lipinski definition) is 5. The standard InChI is InChI=1S/C28H22N4O3/c1-35-21-15-19-11-13-32-25(19)22(16-21)24(17-6-3-2-4-7-17)30-26(28(32)34)31-27(33)20-9-10-23-18(14-20)8-5-12-29-23/h2-10,12,14-16,26H,11,13H2,1H3,(H,31,33)/t26-/m0/s1. The van der Waals surface area contributed by atoms with Gasteiger partial charge in [-0.2, -0.15) is 0 Å². The predicted octanol–water partition coefficient (Wildman–Crippen LogP) is 3.74. The van der Waals surface area contributed by atoms with Crippen LogP contribution in [0.15, 0.2) is 84.0 Å². The topological polar surface area (TPSA) is 83.9 Å². The van der Waals surface area contributed by atoms with Crippen molar-refractivity contribution >= 4 is 34.1 Å². The zero-order valence-corrected chi connectivity index (χ0v) is 19.1.